The van der Waals surface area contributed by atoms with Gasteiger partial charge in [0, 0.05) is 6.04 Å². The maximum atomic E-state index is 13.4. The Morgan fingerprint density at radius 1 is 1.10 bits per heavy atom. The molecule has 8 heteroatoms. The molecule has 0 aromatic heterocycles. The molecule has 2 aromatic rings. The highest BCUT2D eigenvalue weighted by Crippen LogP contribution is 2.33. The summed E-state index contributed by atoms with van der Waals surface area (Å²) in [6.45, 7) is -0.232. The van der Waals surface area contributed by atoms with Crippen molar-refractivity contribution < 1.29 is 28.1 Å². The maximum absolute atomic E-state index is 13.4. The highest BCUT2D eigenvalue weighted by Gasteiger charge is 2.54. The van der Waals surface area contributed by atoms with Gasteiger partial charge in [-0.25, -0.2) is 9.18 Å². The van der Waals surface area contributed by atoms with E-state index in [4.69, 9.17) is 4.74 Å². The van der Waals surface area contributed by atoms with Crippen molar-refractivity contribution in [3.63, 3.8) is 0 Å². The highest BCUT2D eigenvalue weighted by molar-refractivity contribution is 6.29. The normalized spacial score (nSPS) is 20.5. The summed E-state index contributed by atoms with van der Waals surface area (Å²) in [6, 6.07) is 11.6. The van der Waals surface area contributed by atoms with Gasteiger partial charge in [0.15, 0.2) is 12.3 Å². The van der Waals surface area contributed by atoms with E-state index in [1.807, 2.05) is 0 Å². The summed E-state index contributed by atoms with van der Waals surface area (Å²) in [5.41, 5.74) is 1.20. The van der Waals surface area contributed by atoms with Crippen LogP contribution in [0.3, 0.4) is 0 Å². The number of nitrogens with one attached hydrogen (secondary N) is 1. The summed E-state index contributed by atoms with van der Waals surface area (Å²) in [5.74, 6) is -0.865. The fraction of sp³-hybridized carbons (Fsp3) is 0.304. The standard InChI is InChI=1S/C23H20FN3O4/c24-14-9-11-16(12-10-14)27-22(29)21-20(17-7-3-4-8-18(17)31-21)26(23(27)30)13-19(28)25-15-5-1-2-6-15/h3-4,7-12,15,21H,1-2,5-6,13H2/p+1. The molecule has 0 saturated heterocycles. The molecule has 2 aromatic carbocycles. The van der Waals surface area contributed by atoms with Crippen LogP contribution < -0.4 is 15.0 Å². The lowest BCUT2D eigenvalue weighted by Crippen LogP contribution is -2.59. The second-order valence-electron chi connectivity index (χ2n) is 7.95. The Kier molecular flexibility index (Phi) is 4.77. The van der Waals surface area contributed by atoms with E-state index in [1.165, 1.54) is 28.8 Å². The SMILES string of the molecule is O=C(C[N+]1=C2c3ccccc3OC2C(=O)N(c2ccc(F)cc2)C1=O)NC1CCCC1. The van der Waals surface area contributed by atoms with Gasteiger partial charge in [0.2, 0.25) is 0 Å². The molecule has 0 radical (unpaired) electrons. The van der Waals surface area contributed by atoms with E-state index in [2.05, 4.69) is 5.32 Å². The first-order valence-electron chi connectivity index (χ1n) is 10.4. The van der Waals surface area contributed by atoms with Gasteiger partial charge in [-0.3, -0.25) is 4.79 Å². The number of fused-ring (bicyclic) bond motifs is 3. The molecule has 1 fully saturated rings. The molecular weight excluding hydrogens is 401 g/mol. The summed E-state index contributed by atoms with van der Waals surface area (Å²) in [4.78, 5) is 40.4. The van der Waals surface area contributed by atoms with Crippen LogP contribution in [0.25, 0.3) is 0 Å². The first-order chi connectivity index (χ1) is 15.0. The number of para-hydroxylation sites is 1. The number of imide groups is 1. The van der Waals surface area contributed by atoms with Gasteiger partial charge in [0.25, 0.3) is 12.0 Å². The van der Waals surface area contributed by atoms with Gasteiger partial charge in [-0.05, 0) is 49.2 Å². The largest absolute Gasteiger partial charge is 0.506 e. The smallest absolute Gasteiger partial charge is 0.469 e. The predicted octanol–water partition coefficient (Wildman–Crippen LogP) is 2.61. The number of amides is 4. The van der Waals surface area contributed by atoms with Crippen molar-refractivity contribution in [2.45, 2.75) is 37.8 Å². The van der Waals surface area contributed by atoms with Gasteiger partial charge in [-0.1, -0.05) is 25.0 Å². The first kappa shape index (κ1) is 19.4. The zero-order valence-electron chi connectivity index (χ0n) is 16.7. The van der Waals surface area contributed by atoms with Crippen LogP contribution in [0.1, 0.15) is 31.2 Å². The van der Waals surface area contributed by atoms with E-state index in [9.17, 15) is 18.8 Å². The van der Waals surface area contributed by atoms with Gasteiger partial charge >= 0.3 is 11.9 Å². The Bertz CT molecular complexity index is 1110. The molecule has 1 saturated carbocycles. The van der Waals surface area contributed by atoms with Crippen LogP contribution in [0.5, 0.6) is 5.75 Å². The van der Waals surface area contributed by atoms with Crippen LogP contribution in [0.15, 0.2) is 48.5 Å². The average molecular weight is 422 g/mol. The fourth-order valence-corrected chi connectivity index (χ4v) is 4.46. The molecule has 5 rings (SSSR count). The topological polar surface area (TPSA) is 78.7 Å². The fourth-order valence-electron chi connectivity index (χ4n) is 4.46. The van der Waals surface area contributed by atoms with E-state index in [1.54, 1.807) is 24.3 Å². The highest BCUT2D eigenvalue weighted by atomic mass is 19.1. The number of ether oxygens (including phenoxy) is 1. The Morgan fingerprint density at radius 2 is 1.81 bits per heavy atom. The Morgan fingerprint density at radius 3 is 2.55 bits per heavy atom. The molecule has 2 heterocycles. The maximum Gasteiger partial charge on any atom is 0.506 e. The van der Waals surface area contributed by atoms with Crippen molar-refractivity contribution in [1.29, 1.82) is 0 Å². The van der Waals surface area contributed by atoms with Crippen LogP contribution >= 0.6 is 0 Å². The van der Waals surface area contributed by atoms with E-state index in [0.29, 0.717) is 17.0 Å². The molecule has 31 heavy (non-hydrogen) atoms. The predicted molar refractivity (Wildman–Crippen MR) is 110 cm³/mol. The monoisotopic (exact) mass is 422 g/mol. The molecular formula is C23H21FN3O4+. The van der Waals surface area contributed by atoms with Gasteiger partial charge in [-0.15, -0.1) is 4.90 Å². The zero-order chi connectivity index (χ0) is 21.5. The van der Waals surface area contributed by atoms with Crippen LogP contribution in [0.2, 0.25) is 0 Å². The summed E-state index contributed by atoms with van der Waals surface area (Å²) >= 11 is 0. The number of hydrogen-bond donors (Lipinski definition) is 1. The van der Waals surface area contributed by atoms with Crippen LogP contribution in [0, 0.1) is 5.82 Å². The minimum Gasteiger partial charge on any atom is -0.469 e. The zero-order valence-corrected chi connectivity index (χ0v) is 16.7. The van der Waals surface area contributed by atoms with E-state index in [0.717, 1.165) is 30.6 Å². The lowest BCUT2D eigenvalue weighted by Gasteiger charge is -2.24. The Labute approximate surface area is 178 Å². The van der Waals surface area contributed by atoms with E-state index in [-0.39, 0.29) is 24.2 Å². The molecule has 1 atom stereocenters. The summed E-state index contributed by atoms with van der Waals surface area (Å²) in [5, 5.41) is 2.98. The Balaban J connectivity index is 1.55. The van der Waals surface area contributed by atoms with E-state index < -0.39 is 23.9 Å². The molecule has 0 spiro atoms. The second-order valence-corrected chi connectivity index (χ2v) is 7.95. The van der Waals surface area contributed by atoms with Crippen molar-refractivity contribution in [1.82, 2.24) is 5.32 Å². The molecule has 1 unspecified atom stereocenters. The summed E-state index contributed by atoms with van der Waals surface area (Å²) in [7, 11) is 0. The third-order valence-electron chi connectivity index (χ3n) is 5.92. The van der Waals surface area contributed by atoms with Crippen molar-refractivity contribution in [3.8, 4) is 5.75 Å². The molecule has 2 aliphatic heterocycles. The quantitative estimate of drug-likeness (QED) is 0.769. The first-order valence-corrected chi connectivity index (χ1v) is 10.4. The molecule has 7 nitrogen and oxygen atoms in total. The number of carbonyl (C=O) groups excluding carboxylic acids is 3. The summed E-state index contributed by atoms with van der Waals surface area (Å²) in [6.07, 6.45) is 2.93. The molecule has 1 N–H and O–H groups in total. The number of nitrogens with zero attached hydrogens (tertiary/aromatic N) is 2. The number of rotatable bonds is 4. The average Bonchev–Trinajstić information content (AvgIpc) is 3.40. The van der Waals surface area contributed by atoms with Crippen LogP contribution in [-0.2, 0) is 9.59 Å². The second kappa shape index (κ2) is 7.61. The van der Waals surface area contributed by atoms with Gasteiger partial charge in [-0.2, -0.15) is 9.37 Å². The molecule has 0 bridgehead atoms. The summed E-state index contributed by atoms with van der Waals surface area (Å²) < 4.78 is 20.6. The van der Waals surface area contributed by atoms with Gasteiger partial charge in [0.05, 0.1) is 5.56 Å². The number of urea groups is 1. The minimum atomic E-state index is -1.06. The number of benzene rings is 2. The van der Waals surface area contributed by atoms with Gasteiger partial charge < -0.3 is 10.1 Å². The third-order valence-corrected chi connectivity index (χ3v) is 5.92. The molecule has 4 amide bonds. The third kappa shape index (κ3) is 3.37. The van der Waals surface area contributed by atoms with Crippen molar-refractivity contribution >= 4 is 29.2 Å². The van der Waals surface area contributed by atoms with Crippen molar-refractivity contribution in [2.24, 2.45) is 0 Å². The lowest BCUT2D eigenvalue weighted by atomic mass is 10.0. The lowest BCUT2D eigenvalue weighted by molar-refractivity contribution is -0.417. The number of hydrogen-bond acceptors (Lipinski definition) is 4. The number of halogens is 1. The van der Waals surface area contributed by atoms with Crippen LogP contribution in [-0.4, -0.2) is 46.8 Å². The minimum absolute atomic E-state index is 0.107. The van der Waals surface area contributed by atoms with E-state index >= 15 is 0 Å². The van der Waals surface area contributed by atoms with Crippen LogP contribution in [0.4, 0.5) is 14.9 Å². The molecule has 1 aliphatic carbocycles. The molecule has 3 aliphatic rings. The molecule has 158 valence electrons. The Hall–Kier alpha value is -3.55. The van der Waals surface area contributed by atoms with Crippen molar-refractivity contribution in [2.75, 3.05) is 11.4 Å². The number of anilines is 1. The van der Waals surface area contributed by atoms with Crippen molar-refractivity contribution in [3.05, 3.63) is 59.9 Å². The van der Waals surface area contributed by atoms with Gasteiger partial charge in [0.1, 0.15) is 17.3 Å². The number of carbonyl (C=O) groups is 3.